The fourth-order valence-electron chi connectivity index (χ4n) is 0.843. The van der Waals surface area contributed by atoms with Gasteiger partial charge in [-0.2, -0.15) is 8.78 Å². The third-order valence-electron chi connectivity index (χ3n) is 1.60. The quantitative estimate of drug-likeness (QED) is 0.773. The zero-order chi connectivity index (χ0) is 9.90. The van der Waals surface area contributed by atoms with Gasteiger partial charge in [0.15, 0.2) is 0 Å². The minimum absolute atomic E-state index is 0.345. The Morgan fingerprint density at radius 2 is 2.31 bits per heavy atom. The van der Waals surface area contributed by atoms with Gasteiger partial charge >= 0.3 is 5.92 Å². The van der Waals surface area contributed by atoms with E-state index in [1.54, 1.807) is 0 Å². The van der Waals surface area contributed by atoms with Crippen molar-refractivity contribution in [3.8, 4) is 5.75 Å². The summed E-state index contributed by atoms with van der Waals surface area (Å²) in [6.45, 7) is -0.757. The zero-order valence-electron chi connectivity index (χ0n) is 7.13. The number of pyridine rings is 1. The molecule has 1 rings (SSSR count). The lowest BCUT2D eigenvalue weighted by atomic mass is 10.2. The van der Waals surface area contributed by atoms with Crippen molar-refractivity contribution in [1.82, 2.24) is 4.98 Å². The number of hydrogen-bond acceptors (Lipinski definition) is 3. The predicted molar refractivity (Wildman–Crippen MR) is 43.7 cm³/mol. The lowest BCUT2D eigenvalue weighted by Gasteiger charge is -2.13. The maximum absolute atomic E-state index is 13.0. The van der Waals surface area contributed by atoms with Crippen LogP contribution in [0, 0.1) is 0 Å². The maximum Gasteiger partial charge on any atom is 0.301 e. The van der Waals surface area contributed by atoms with Gasteiger partial charge in [-0.25, -0.2) is 0 Å². The molecule has 13 heavy (non-hydrogen) atoms. The van der Waals surface area contributed by atoms with E-state index < -0.39 is 12.5 Å². The van der Waals surface area contributed by atoms with Gasteiger partial charge in [-0.1, -0.05) is 0 Å². The summed E-state index contributed by atoms with van der Waals surface area (Å²) in [6.07, 6.45) is 1.26. The Bertz CT molecular complexity index is 291. The smallest absolute Gasteiger partial charge is 0.301 e. The van der Waals surface area contributed by atoms with Crippen molar-refractivity contribution in [1.29, 1.82) is 0 Å². The van der Waals surface area contributed by atoms with Gasteiger partial charge in [0.1, 0.15) is 11.4 Å². The minimum atomic E-state index is -3.09. The van der Waals surface area contributed by atoms with Gasteiger partial charge in [0.25, 0.3) is 0 Å². The Morgan fingerprint density at radius 1 is 1.62 bits per heavy atom. The molecular formula is C8H10F2N2O. The Balaban J connectivity index is 3.01. The summed E-state index contributed by atoms with van der Waals surface area (Å²) >= 11 is 0. The third kappa shape index (κ3) is 2.12. The highest BCUT2D eigenvalue weighted by Crippen LogP contribution is 2.26. The number of nitrogens with two attached hydrogens (primary N) is 1. The Labute approximate surface area is 74.5 Å². The average Bonchev–Trinajstić information content (AvgIpc) is 2.18. The molecule has 0 unspecified atom stereocenters. The average molecular weight is 188 g/mol. The number of methoxy groups -OCH3 is 1. The van der Waals surface area contributed by atoms with Gasteiger partial charge < -0.3 is 10.5 Å². The monoisotopic (exact) mass is 188 g/mol. The van der Waals surface area contributed by atoms with E-state index in [0.29, 0.717) is 5.75 Å². The molecule has 2 N–H and O–H groups in total. The van der Waals surface area contributed by atoms with Crippen LogP contribution in [0.3, 0.4) is 0 Å². The molecule has 72 valence electrons. The second-order valence-corrected chi connectivity index (χ2v) is 2.49. The number of aromatic nitrogens is 1. The predicted octanol–water partition coefficient (Wildman–Crippen LogP) is 1.14. The third-order valence-corrected chi connectivity index (χ3v) is 1.60. The Hall–Kier alpha value is -1.23. The molecule has 0 aliphatic carbocycles. The van der Waals surface area contributed by atoms with Gasteiger partial charge in [-0.3, -0.25) is 4.98 Å². The molecule has 0 atom stereocenters. The lowest BCUT2D eigenvalue weighted by molar-refractivity contribution is 0.00117. The SMILES string of the molecule is COc1ccnc(C(F)(F)CN)c1. The van der Waals surface area contributed by atoms with E-state index in [2.05, 4.69) is 4.98 Å². The summed E-state index contributed by atoms with van der Waals surface area (Å²) < 4.78 is 30.7. The van der Waals surface area contributed by atoms with Crippen LogP contribution in [0.2, 0.25) is 0 Å². The Morgan fingerprint density at radius 3 is 2.85 bits per heavy atom. The van der Waals surface area contributed by atoms with E-state index in [9.17, 15) is 8.78 Å². The second-order valence-electron chi connectivity index (χ2n) is 2.49. The van der Waals surface area contributed by atoms with Crippen LogP contribution in [0.1, 0.15) is 5.69 Å². The fourth-order valence-corrected chi connectivity index (χ4v) is 0.843. The van der Waals surface area contributed by atoms with E-state index in [1.165, 1.54) is 25.4 Å². The Kier molecular flexibility index (Phi) is 2.77. The van der Waals surface area contributed by atoms with Crippen molar-refractivity contribution >= 4 is 0 Å². The second kappa shape index (κ2) is 3.66. The molecule has 5 heteroatoms. The molecule has 0 aliphatic rings. The van der Waals surface area contributed by atoms with Crippen molar-refractivity contribution in [2.24, 2.45) is 5.73 Å². The van der Waals surface area contributed by atoms with Crippen molar-refractivity contribution in [3.63, 3.8) is 0 Å². The van der Waals surface area contributed by atoms with Crippen LogP contribution >= 0.6 is 0 Å². The first-order chi connectivity index (χ1) is 6.10. The molecule has 0 saturated heterocycles. The topological polar surface area (TPSA) is 48.1 Å². The largest absolute Gasteiger partial charge is 0.497 e. The van der Waals surface area contributed by atoms with Crippen molar-refractivity contribution < 1.29 is 13.5 Å². The first kappa shape index (κ1) is 9.85. The molecular weight excluding hydrogens is 178 g/mol. The van der Waals surface area contributed by atoms with Crippen LogP contribution in [0.4, 0.5) is 8.78 Å². The normalized spacial score (nSPS) is 11.4. The molecule has 1 heterocycles. The summed E-state index contributed by atoms with van der Waals surface area (Å²) in [5, 5.41) is 0. The van der Waals surface area contributed by atoms with Crippen LogP contribution in [0.25, 0.3) is 0 Å². The number of nitrogens with zero attached hydrogens (tertiary/aromatic N) is 1. The summed E-state index contributed by atoms with van der Waals surface area (Å²) in [5.41, 5.74) is 4.53. The maximum atomic E-state index is 13.0. The molecule has 1 aromatic rings. The molecule has 0 aromatic carbocycles. The van der Waals surface area contributed by atoms with Crippen LogP contribution in [0.5, 0.6) is 5.75 Å². The van der Waals surface area contributed by atoms with Gasteiger partial charge in [-0.05, 0) is 6.07 Å². The molecule has 0 radical (unpaired) electrons. The number of halogens is 2. The standard InChI is InChI=1S/C8H10F2N2O/c1-13-6-2-3-12-7(4-6)8(9,10)5-11/h2-4H,5,11H2,1H3. The van der Waals surface area contributed by atoms with Gasteiger partial charge in [0.05, 0.1) is 13.7 Å². The van der Waals surface area contributed by atoms with E-state index in [1.807, 2.05) is 0 Å². The molecule has 0 spiro atoms. The van der Waals surface area contributed by atoms with Gasteiger partial charge in [0, 0.05) is 12.3 Å². The van der Waals surface area contributed by atoms with Crippen LogP contribution < -0.4 is 10.5 Å². The molecule has 0 fully saturated rings. The van der Waals surface area contributed by atoms with Crippen molar-refractivity contribution in [2.45, 2.75) is 5.92 Å². The van der Waals surface area contributed by atoms with Gasteiger partial charge in [-0.15, -0.1) is 0 Å². The highest BCUT2D eigenvalue weighted by Gasteiger charge is 2.31. The number of alkyl halides is 2. The van der Waals surface area contributed by atoms with E-state index in [4.69, 9.17) is 10.5 Å². The summed E-state index contributed by atoms with van der Waals surface area (Å²) in [4.78, 5) is 3.52. The summed E-state index contributed by atoms with van der Waals surface area (Å²) in [7, 11) is 1.40. The molecule has 0 bridgehead atoms. The van der Waals surface area contributed by atoms with Crippen LogP contribution in [-0.4, -0.2) is 18.6 Å². The van der Waals surface area contributed by atoms with E-state index >= 15 is 0 Å². The van der Waals surface area contributed by atoms with Crippen molar-refractivity contribution in [3.05, 3.63) is 24.0 Å². The first-order valence-electron chi connectivity index (χ1n) is 3.68. The highest BCUT2D eigenvalue weighted by atomic mass is 19.3. The summed E-state index contributed by atoms with van der Waals surface area (Å²) in [6, 6.07) is 2.67. The molecule has 1 aromatic heterocycles. The van der Waals surface area contributed by atoms with E-state index in [0.717, 1.165) is 0 Å². The molecule has 3 nitrogen and oxygen atoms in total. The molecule has 0 saturated carbocycles. The number of hydrogen-bond donors (Lipinski definition) is 1. The highest BCUT2D eigenvalue weighted by molar-refractivity contribution is 5.25. The van der Waals surface area contributed by atoms with Crippen molar-refractivity contribution in [2.75, 3.05) is 13.7 Å². The zero-order valence-corrected chi connectivity index (χ0v) is 7.13. The number of rotatable bonds is 3. The first-order valence-corrected chi connectivity index (χ1v) is 3.68. The van der Waals surface area contributed by atoms with E-state index in [-0.39, 0.29) is 5.69 Å². The molecule has 0 amide bonds. The van der Waals surface area contributed by atoms with Crippen LogP contribution in [0.15, 0.2) is 18.3 Å². The minimum Gasteiger partial charge on any atom is -0.497 e. The number of ether oxygens (including phenoxy) is 1. The molecule has 0 aliphatic heterocycles. The lowest BCUT2D eigenvalue weighted by Crippen LogP contribution is -2.26. The van der Waals surface area contributed by atoms with Crippen LogP contribution in [-0.2, 0) is 5.92 Å². The summed E-state index contributed by atoms with van der Waals surface area (Å²) in [5.74, 6) is -2.74. The fraction of sp³-hybridized carbons (Fsp3) is 0.375. The van der Waals surface area contributed by atoms with Gasteiger partial charge in [0.2, 0.25) is 0 Å².